The third kappa shape index (κ3) is 2.79. The molecule has 1 aliphatic rings. The van der Waals surface area contributed by atoms with Gasteiger partial charge < -0.3 is 20.1 Å². The van der Waals surface area contributed by atoms with E-state index in [-0.39, 0.29) is 75.1 Å². The van der Waals surface area contributed by atoms with Crippen molar-refractivity contribution in [3.05, 3.63) is 40.7 Å². The maximum absolute atomic E-state index is 11.6. The molecule has 0 radical (unpaired) electrons. The summed E-state index contributed by atoms with van der Waals surface area (Å²) in [4.78, 5) is 11.6. The van der Waals surface area contributed by atoms with E-state index in [1.165, 1.54) is 18.2 Å². The Kier molecular flexibility index (Phi) is 4.50. The monoisotopic (exact) mass is 328 g/mol. The van der Waals surface area contributed by atoms with Crippen LogP contribution >= 0.6 is 0 Å². The number of benzene rings is 1. The van der Waals surface area contributed by atoms with Gasteiger partial charge in [0.1, 0.15) is 12.4 Å². The van der Waals surface area contributed by atoms with Crippen molar-refractivity contribution in [2.75, 3.05) is 12.3 Å². The molecule has 1 aliphatic heterocycles. The predicted octanol–water partition coefficient (Wildman–Crippen LogP) is -2.43. The van der Waals surface area contributed by atoms with Gasteiger partial charge in [-0.05, 0) is 12.1 Å². The van der Waals surface area contributed by atoms with Gasteiger partial charge in [0.05, 0.1) is 17.9 Å². The van der Waals surface area contributed by atoms with Crippen LogP contribution in [0.15, 0.2) is 35.3 Å². The second-order valence-corrected chi connectivity index (χ2v) is 4.18. The first-order valence-electron chi connectivity index (χ1n) is 5.59. The molecular formula is C13H11N2O3Rb. The van der Waals surface area contributed by atoms with Crippen molar-refractivity contribution in [3.63, 3.8) is 0 Å². The Labute approximate surface area is 158 Å². The van der Waals surface area contributed by atoms with Gasteiger partial charge in [-0.25, -0.2) is 0 Å². The Bertz CT molecular complexity index is 682. The molecule has 5 nitrogen and oxygen atoms in total. The van der Waals surface area contributed by atoms with E-state index < -0.39 is 0 Å². The Morgan fingerprint density at radius 1 is 1.32 bits per heavy atom. The van der Waals surface area contributed by atoms with Crippen LogP contribution in [0.5, 0.6) is 11.5 Å². The summed E-state index contributed by atoms with van der Waals surface area (Å²) in [7, 11) is 0. The van der Waals surface area contributed by atoms with Gasteiger partial charge in [0.2, 0.25) is 5.43 Å². The van der Waals surface area contributed by atoms with Crippen LogP contribution in [0.3, 0.4) is 0 Å². The minimum Gasteiger partial charge on any atom is -0.872 e. The van der Waals surface area contributed by atoms with Crippen LogP contribution in [0.2, 0.25) is 0 Å². The molecule has 2 heterocycles. The van der Waals surface area contributed by atoms with E-state index in [4.69, 9.17) is 10.5 Å². The number of fused-ring (bicyclic) bond motifs is 3. The Hall–Kier alpha value is -0.625. The molecule has 0 amide bonds. The number of hydrogen-bond donors (Lipinski definition) is 1. The molecule has 92 valence electrons. The molecule has 2 aromatic rings. The summed E-state index contributed by atoms with van der Waals surface area (Å²) in [5.41, 5.74) is 7.07. The quantitative estimate of drug-likeness (QED) is 0.583. The van der Waals surface area contributed by atoms with Crippen molar-refractivity contribution >= 4 is 5.69 Å². The molecule has 0 aliphatic carbocycles. The molecule has 1 aromatic carbocycles. The second-order valence-electron chi connectivity index (χ2n) is 4.18. The summed E-state index contributed by atoms with van der Waals surface area (Å²) in [5.74, 6) is 0.401. The first kappa shape index (κ1) is 14.8. The van der Waals surface area contributed by atoms with E-state index in [2.05, 4.69) is 0 Å². The number of ether oxygens (including phenoxy) is 1. The number of nitrogens with two attached hydrogens (primary N) is 1. The average Bonchev–Trinajstić information content (AvgIpc) is 2.49. The zero-order valence-electron chi connectivity index (χ0n) is 10.6. The molecule has 0 atom stereocenters. The van der Waals surface area contributed by atoms with Gasteiger partial charge in [-0.3, -0.25) is 4.79 Å². The Balaban J connectivity index is 0.00000133. The minimum absolute atomic E-state index is 0. The molecule has 0 spiro atoms. The fourth-order valence-electron chi connectivity index (χ4n) is 2.10. The van der Waals surface area contributed by atoms with Crippen LogP contribution < -0.4 is 79.2 Å². The summed E-state index contributed by atoms with van der Waals surface area (Å²) >= 11 is 0. The molecule has 6 heteroatoms. The van der Waals surface area contributed by atoms with Crippen LogP contribution in [0.1, 0.15) is 0 Å². The van der Waals surface area contributed by atoms with Gasteiger partial charge in [-0.2, -0.15) is 0 Å². The van der Waals surface area contributed by atoms with Gasteiger partial charge >= 0.3 is 58.2 Å². The summed E-state index contributed by atoms with van der Waals surface area (Å²) in [6.07, 6.45) is 1.61. The predicted molar refractivity (Wildman–Crippen MR) is 65.5 cm³/mol. The topological polar surface area (TPSA) is 80.3 Å². The smallest absolute Gasteiger partial charge is 0.872 e. The van der Waals surface area contributed by atoms with E-state index in [1.807, 2.05) is 4.57 Å². The third-order valence-electron chi connectivity index (χ3n) is 2.98. The van der Waals surface area contributed by atoms with Crippen LogP contribution in [0.4, 0.5) is 5.69 Å². The van der Waals surface area contributed by atoms with Crippen molar-refractivity contribution < 1.29 is 68.0 Å². The number of pyridine rings is 1. The number of nitrogens with zero attached hydrogens (tertiary/aromatic N) is 1. The van der Waals surface area contributed by atoms with Crippen LogP contribution in [0.25, 0.3) is 11.3 Å². The fourth-order valence-corrected chi connectivity index (χ4v) is 2.10. The molecule has 0 saturated carbocycles. The van der Waals surface area contributed by atoms with Crippen molar-refractivity contribution in [1.82, 2.24) is 4.57 Å². The van der Waals surface area contributed by atoms with Gasteiger partial charge in [-0.1, -0.05) is 6.07 Å². The van der Waals surface area contributed by atoms with E-state index >= 15 is 0 Å². The van der Waals surface area contributed by atoms with E-state index in [0.29, 0.717) is 18.9 Å². The summed E-state index contributed by atoms with van der Waals surface area (Å²) in [5, 5.41) is 11.3. The van der Waals surface area contributed by atoms with Crippen molar-refractivity contribution in [1.29, 1.82) is 0 Å². The van der Waals surface area contributed by atoms with Crippen LogP contribution in [-0.2, 0) is 6.54 Å². The standard InChI is InChI=1S/C13H12N2O3.Rb/c14-10-7-15-3-4-18-13-5-8(16)1-2-9(13)11(15)6-12(10)17;/h1-2,5-7,16H,3-4,14H2;/q;+1/p-1. The van der Waals surface area contributed by atoms with Crippen molar-refractivity contribution in [2.24, 2.45) is 0 Å². The average molecular weight is 329 g/mol. The molecule has 0 unspecified atom stereocenters. The zero-order chi connectivity index (χ0) is 12.7. The molecule has 0 saturated heterocycles. The van der Waals surface area contributed by atoms with E-state index in [0.717, 1.165) is 11.3 Å². The fraction of sp³-hybridized carbons (Fsp3) is 0.154. The number of anilines is 1. The van der Waals surface area contributed by atoms with E-state index in [1.54, 1.807) is 12.3 Å². The maximum Gasteiger partial charge on any atom is 1.00 e. The zero-order valence-corrected chi connectivity index (χ0v) is 15.5. The normalized spacial score (nSPS) is 12.4. The van der Waals surface area contributed by atoms with Crippen molar-refractivity contribution in [2.45, 2.75) is 6.54 Å². The summed E-state index contributed by atoms with van der Waals surface area (Å²) < 4.78 is 7.40. The number of nitrogen functional groups attached to an aromatic ring is 1. The van der Waals surface area contributed by atoms with Gasteiger partial charge in [-0.15, -0.1) is 5.75 Å². The van der Waals surface area contributed by atoms with Crippen LogP contribution in [0, 0.1) is 0 Å². The minimum atomic E-state index is -0.222. The Morgan fingerprint density at radius 3 is 2.89 bits per heavy atom. The maximum atomic E-state index is 11.6. The molecular weight excluding hydrogens is 318 g/mol. The van der Waals surface area contributed by atoms with Gasteiger partial charge in [0.25, 0.3) is 0 Å². The van der Waals surface area contributed by atoms with Crippen LogP contribution in [-0.4, -0.2) is 11.2 Å². The SMILES string of the molecule is Nc1cn2c(cc1=O)-c1ccc([O-])cc1OCC2.[Rb+]. The molecule has 3 rings (SSSR count). The summed E-state index contributed by atoms with van der Waals surface area (Å²) in [6.45, 7) is 1.02. The summed E-state index contributed by atoms with van der Waals surface area (Å²) in [6, 6.07) is 6.04. The van der Waals surface area contributed by atoms with E-state index in [9.17, 15) is 9.90 Å². The molecule has 0 bridgehead atoms. The molecule has 1 aromatic heterocycles. The second kappa shape index (κ2) is 5.79. The molecule has 0 fully saturated rings. The largest absolute Gasteiger partial charge is 1.00 e. The third-order valence-corrected chi connectivity index (χ3v) is 2.98. The van der Waals surface area contributed by atoms with Gasteiger partial charge in [0, 0.05) is 17.8 Å². The number of hydrogen-bond acceptors (Lipinski definition) is 4. The first-order valence-corrected chi connectivity index (χ1v) is 5.59. The molecule has 2 N–H and O–H groups in total. The number of aromatic nitrogens is 1. The van der Waals surface area contributed by atoms with Gasteiger partial charge in [0.15, 0.2) is 0 Å². The van der Waals surface area contributed by atoms with Crippen molar-refractivity contribution in [3.8, 4) is 22.8 Å². The first-order chi connectivity index (χ1) is 8.65. The molecule has 19 heavy (non-hydrogen) atoms. The number of rotatable bonds is 0. The Morgan fingerprint density at radius 2 is 2.11 bits per heavy atom.